The lowest BCUT2D eigenvalue weighted by atomic mass is 9.73. The third-order valence-electron chi connectivity index (χ3n) is 6.35. The topological polar surface area (TPSA) is 32.3 Å². The molecule has 0 radical (unpaired) electrons. The molecule has 1 amide bonds. The van der Waals surface area contributed by atoms with Gasteiger partial charge in [0, 0.05) is 20.0 Å². The Balaban J connectivity index is 1.51. The van der Waals surface area contributed by atoms with Gasteiger partial charge >= 0.3 is 0 Å². The Kier molecular flexibility index (Phi) is 3.92. The first-order chi connectivity index (χ1) is 11.2. The minimum atomic E-state index is 0.174. The molecule has 1 spiro atoms. The van der Waals surface area contributed by atoms with Crippen molar-refractivity contribution < 1.29 is 4.79 Å². The molecular weight excluding hydrogens is 284 g/mol. The van der Waals surface area contributed by atoms with Crippen molar-refractivity contribution in [3.63, 3.8) is 0 Å². The van der Waals surface area contributed by atoms with E-state index in [0.717, 1.165) is 12.3 Å². The Hall–Kier alpha value is -1.35. The molecule has 3 aliphatic rings. The quantitative estimate of drug-likeness (QED) is 0.927. The van der Waals surface area contributed by atoms with Crippen molar-refractivity contribution in [3.8, 4) is 0 Å². The maximum absolute atomic E-state index is 11.9. The van der Waals surface area contributed by atoms with Crippen LogP contribution in [0.4, 0.5) is 0 Å². The minimum absolute atomic E-state index is 0.174. The van der Waals surface area contributed by atoms with E-state index in [2.05, 4.69) is 34.5 Å². The number of likely N-dealkylation sites (tertiary alicyclic amines) is 1. The third kappa shape index (κ3) is 2.91. The highest BCUT2D eigenvalue weighted by Crippen LogP contribution is 2.52. The van der Waals surface area contributed by atoms with E-state index in [1.54, 1.807) is 12.6 Å². The number of carbonyl (C=O) groups excluding carboxylic acids is 1. The molecule has 2 aliphatic carbocycles. The highest BCUT2D eigenvalue weighted by molar-refractivity contribution is 5.77. The Morgan fingerprint density at radius 1 is 1.26 bits per heavy atom. The number of hydrogen-bond acceptors (Lipinski definition) is 2. The number of benzene rings is 1. The molecule has 4 rings (SSSR count). The molecule has 1 saturated carbocycles. The van der Waals surface area contributed by atoms with E-state index in [9.17, 15) is 4.79 Å². The summed E-state index contributed by atoms with van der Waals surface area (Å²) < 4.78 is 0. The molecule has 124 valence electrons. The van der Waals surface area contributed by atoms with Crippen molar-refractivity contribution in [1.82, 2.24) is 10.2 Å². The number of piperidine rings is 1. The lowest BCUT2D eigenvalue weighted by molar-refractivity contribution is -0.121. The molecule has 1 aromatic rings. The Bertz CT molecular complexity index is 585. The average molecular weight is 312 g/mol. The second kappa shape index (κ2) is 5.94. The number of nitrogens with one attached hydrogen (secondary N) is 1. The predicted molar refractivity (Wildman–Crippen MR) is 92.6 cm³/mol. The largest absolute Gasteiger partial charge is 0.359 e. The van der Waals surface area contributed by atoms with Crippen LogP contribution >= 0.6 is 0 Å². The van der Waals surface area contributed by atoms with Crippen LogP contribution < -0.4 is 5.32 Å². The van der Waals surface area contributed by atoms with Gasteiger partial charge in [0.1, 0.15) is 0 Å². The van der Waals surface area contributed by atoms with Crippen molar-refractivity contribution in [3.05, 3.63) is 35.4 Å². The van der Waals surface area contributed by atoms with Gasteiger partial charge in [-0.05, 0) is 73.6 Å². The summed E-state index contributed by atoms with van der Waals surface area (Å²) in [6.07, 6.45) is 7.22. The molecule has 23 heavy (non-hydrogen) atoms. The maximum Gasteiger partial charge on any atom is 0.220 e. The molecule has 1 atom stereocenters. The fourth-order valence-corrected chi connectivity index (χ4v) is 4.84. The second-order valence-electron chi connectivity index (χ2n) is 7.89. The summed E-state index contributed by atoms with van der Waals surface area (Å²) >= 11 is 0. The number of carbonyl (C=O) groups is 1. The van der Waals surface area contributed by atoms with Gasteiger partial charge in [-0.2, -0.15) is 0 Å². The van der Waals surface area contributed by atoms with Gasteiger partial charge in [-0.15, -0.1) is 0 Å². The first kappa shape index (κ1) is 15.2. The molecule has 3 nitrogen and oxygen atoms in total. The van der Waals surface area contributed by atoms with Gasteiger partial charge in [-0.25, -0.2) is 0 Å². The average Bonchev–Trinajstić information content (AvgIpc) is 3.35. The molecular formula is C20H28N2O. The van der Waals surface area contributed by atoms with Crippen LogP contribution in [0.1, 0.15) is 55.6 Å². The van der Waals surface area contributed by atoms with E-state index in [4.69, 9.17) is 0 Å². The zero-order chi connectivity index (χ0) is 15.9. The van der Waals surface area contributed by atoms with Gasteiger partial charge in [-0.3, -0.25) is 4.79 Å². The van der Waals surface area contributed by atoms with E-state index in [0.29, 0.717) is 17.8 Å². The summed E-state index contributed by atoms with van der Waals surface area (Å²) in [5.41, 5.74) is 3.31. The van der Waals surface area contributed by atoms with Crippen molar-refractivity contribution in [2.24, 2.45) is 5.92 Å². The highest BCUT2D eigenvalue weighted by Gasteiger charge is 2.45. The van der Waals surface area contributed by atoms with Gasteiger partial charge in [0.15, 0.2) is 0 Å². The monoisotopic (exact) mass is 312 g/mol. The minimum Gasteiger partial charge on any atom is -0.359 e. The number of fused-ring (bicyclic) bond motifs is 2. The Morgan fingerprint density at radius 3 is 2.70 bits per heavy atom. The van der Waals surface area contributed by atoms with Gasteiger partial charge in [0.2, 0.25) is 5.91 Å². The van der Waals surface area contributed by atoms with Crippen molar-refractivity contribution in [2.75, 3.05) is 26.7 Å². The van der Waals surface area contributed by atoms with Crippen LogP contribution in [-0.4, -0.2) is 37.5 Å². The van der Waals surface area contributed by atoms with Crippen molar-refractivity contribution >= 4 is 5.91 Å². The highest BCUT2D eigenvalue weighted by atomic mass is 16.1. The van der Waals surface area contributed by atoms with Gasteiger partial charge in [-0.1, -0.05) is 24.3 Å². The Labute approximate surface area is 139 Å². The summed E-state index contributed by atoms with van der Waals surface area (Å²) in [6.45, 7) is 3.79. The normalized spacial score (nSPS) is 26.2. The summed E-state index contributed by atoms with van der Waals surface area (Å²) in [7, 11) is 1.75. The summed E-state index contributed by atoms with van der Waals surface area (Å²) in [6, 6.07) is 8.90. The molecule has 1 aromatic carbocycles. The van der Waals surface area contributed by atoms with Crippen LogP contribution in [0.25, 0.3) is 0 Å². The van der Waals surface area contributed by atoms with Crippen LogP contribution in [0.5, 0.6) is 0 Å². The molecule has 1 saturated heterocycles. The van der Waals surface area contributed by atoms with E-state index >= 15 is 0 Å². The first-order valence-electron chi connectivity index (χ1n) is 9.22. The zero-order valence-electron chi connectivity index (χ0n) is 14.2. The van der Waals surface area contributed by atoms with Gasteiger partial charge in [0.25, 0.3) is 0 Å². The first-order valence-corrected chi connectivity index (χ1v) is 9.22. The van der Waals surface area contributed by atoms with E-state index < -0.39 is 0 Å². The number of rotatable bonds is 4. The van der Waals surface area contributed by atoms with Gasteiger partial charge < -0.3 is 10.2 Å². The molecule has 1 aliphatic heterocycles. The Morgan fingerprint density at radius 2 is 2.00 bits per heavy atom. The molecule has 2 fully saturated rings. The van der Waals surface area contributed by atoms with E-state index in [-0.39, 0.29) is 5.91 Å². The third-order valence-corrected chi connectivity index (χ3v) is 6.35. The lowest BCUT2D eigenvalue weighted by Gasteiger charge is -2.40. The number of amides is 1. The molecule has 0 unspecified atom stereocenters. The van der Waals surface area contributed by atoms with E-state index in [1.807, 2.05) is 0 Å². The van der Waals surface area contributed by atoms with Crippen LogP contribution in [0.15, 0.2) is 24.3 Å². The smallest absolute Gasteiger partial charge is 0.220 e. The van der Waals surface area contributed by atoms with E-state index in [1.165, 1.54) is 50.9 Å². The summed E-state index contributed by atoms with van der Waals surface area (Å²) in [5.74, 6) is 1.56. The zero-order valence-corrected chi connectivity index (χ0v) is 14.2. The summed E-state index contributed by atoms with van der Waals surface area (Å²) in [5, 5.41) is 2.80. The SMILES string of the molecule is CNC(=O)C[C@@H]1CC2(CCN(CC3CC3)CC2)c2ccccc21. The fourth-order valence-electron chi connectivity index (χ4n) is 4.84. The van der Waals surface area contributed by atoms with Crippen LogP contribution in [-0.2, 0) is 10.2 Å². The maximum atomic E-state index is 11.9. The number of nitrogens with zero attached hydrogens (tertiary/aromatic N) is 1. The van der Waals surface area contributed by atoms with Crippen LogP contribution in [0, 0.1) is 5.92 Å². The summed E-state index contributed by atoms with van der Waals surface area (Å²) in [4.78, 5) is 14.6. The molecule has 1 N–H and O–H groups in total. The van der Waals surface area contributed by atoms with Crippen LogP contribution in [0.2, 0.25) is 0 Å². The lowest BCUT2D eigenvalue weighted by Crippen LogP contribution is -2.42. The predicted octanol–water partition coefficient (Wildman–Crippen LogP) is 3.05. The molecule has 0 aromatic heterocycles. The molecule has 0 bridgehead atoms. The van der Waals surface area contributed by atoms with Crippen molar-refractivity contribution in [2.45, 2.75) is 49.9 Å². The second-order valence-corrected chi connectivity index (χ2v) is 7.89. The van der Waals surface area contributed by atoms with Gasteiger partial charge in [0.05, 0.1) is 0 Å². The molecule has 3 heteroatoms. The standard InChI is InChI=1S/C20H28N2O/c1-21-19(23)12-16-13-20(18-5-3-2-4-17(16)18)8-10-22(11-9-20)14-15-6-7-15/h2-5,15-16H,6-14H2,1H3,(H,21,23)/t16-/m1/s1. The molecule has 1 heterocycles. The van der Waals surface area contributed by atoms with Crippen molar-refractivity contribution in [1.29, 1.82) is 0 Å². The van der Waals surface area contributed by atoms with Crippen LogP contribution in [0.3, 0.4) is 0 Å². The fraction of sp³-hybridized carbons (Fsp3) is 0.650. The number of hydrogen-bond donors (Lipinski definition) is 1.